The predicted octanol–water partition coefficient (Wildman–Crippen LogP) is 2.50. The summed E-state index contributed by atoms with van der Waals surface area (Å²) in [6, 6.07) is 11.5. The highest BCUT2D eigenvalue weighted by Crippen LogP contribution is 2.53. The van der Waals surface area contributed by atoms with E-state index < -0.39 is 53.1 Å². The molecule has 0 aromatic heterocycles. The normalized spacial score (nSPS) is 23.8. The van der Waals surface area contributed by atoms with Crippen LogP contribution in [0.2, 0.25) is 0 Å². The average molecular weight is 520 g/mol. The summed E-state index contributed by atoms with van der Waals surface area (Å²) < 4.78 is 10.3. The number of anilines is 1. The lowest BCUT2D eigenvalue weighted by Crippen LogP contribution is -2.48. The molecule has 11 nitrogen and oxygen atoms in total. The zero-order valence-corrected chi connectivity index (χ0v) is 20.4. The lowest BCUT2D eigenvalue weighted by atomic mass is 9.85. The van der Waals surface area contributed by atoms with Crippen molar-refractivity contribution in [3.8, 4) is 5.75 Å². The molecule has 2 aliphatic carbocycles. The summed E-state index contributed by atoms with van der Waals surface area (Å²) in [7, 11) is 1.37. The number of nitrogens with zero attached hydrogens (tertiary/aromatic N) is 2. The van der Waals surface area contributed by atoms with Gasteiger partial charge in [-0.1, -0.05) is 42.5 Å². The van der Waals surface area contributed by atoms with Crippen molar-refractivity contribution in [2.24, 2.45) is 23.7 Å². The van der Waals surface area contributed by atoms with Crippen LogP contribution in [0, 0.1) is 33.8 Å². The second kappa shape index (κ2) is 10.1. The van der Waals surface area contributed by atoms with E-state index in [1.807, 2.05) is 12.2 Å². The zero-order valence-electron chi connectivity index (χ0n) is 20.4. The number of imide groups is 1. The summed E-state index contributed by atoms with van der Waals surface area (Å²) >= 11 is 0. The van der Waals surface area contributed by atoms with Crippen LogP contribution in [-0.2, 0) is 30.3 Å². The molecule has 1 N–H and O–H groups in total. The van der Waals surface area contributed by atoms with Crippen molar-refractivity contribution in [2.45, 2.75) is 18.9 Å². The van der Waals surface area contributed by atoms with E-state index in [4.69, 9.17) is 9.47 Å². The fourth-order valence-corrected chi connectivity index (χ4v) is 5.67. The van der Waals surface area contributed by atoms with E-state index in [9.17, 15) is 29.3 Å². The lowest BCUT2D eigenvalue weighted by Gasteiger charge is -2.26. The van der Waals surface area contributed by atoms with E-state index in [-0.39, 0.29) is 35.4 Å². The summed E-state index contributed by atoms with van der Waals surface area (Å²) in [6.45, 7) is -0.769. The number of hydrogen-bond donors (Lipinski definition) is 1. The van der Waals surface area contributed by atoms with Crippen molar-refractivity contribution in [2.75, 3.05) is 19.0 Å². The van der Waals surface area contributed by atoms with Gasteiger partial charge in [0, 0.05) is 18.6 Å². The van der Waals surface area contributed by atoms with Crippen molar-refractivity contribution in [1.82, 2.24) is 4.90 Å². The highest BCUT2D eigenvalue weighted by molar-refractivity contribution is 6.09. The number of esters is 1. The van der Waals surface area contributed by atoms with Gasteiger partial charge in [0.2, 0.25) is 11.8 Å². The van der Waals surface area contributed by atoms with E-state index in [2.05, 4.69) is 5.32 Å². The smallest absolute Gasteiger partial charge is 0.330 e. The van der Waals surface area contributed by atoms with Crippen molar-refractivity contribution < 1.29 is 33.6 Å². The first-order valence-electron chi connectivity index (χ1n) is 12.2. The SMILES string of the molecule is COc1ccc([N+](=O)[O-])c(NC(=O)COC(=O)[C@H](Cc2ccccc2)N2C(=O)[C@@H]3[C@@H](C2=O)[C@H]2C=C[C@H]3C2)c1. The number of carbonyl (C=O) groups is 4. The number of methoxy groups -OCH3 is 1. The summed E-state index contributed by atoms with van der Waals surface area (Å²) in [5.41, 5.74) is 0.220. The number of allylic oxidation sites excluding steroid dienone is 2. The van der Waals surface area contributed by atoms with E-state index in [0.29, 0.717) is 5.56 Å². The highest BCUT2D eigenvalue weighted by Gasteiger charge is 2.61. The molecule has 0 radical (unpaired) electrons. The number of hydrogen-bond acceptors (Lipinski definition) is 8. The number of nitro benzene ring substituents is 1. The molecule has 3 amide bonds. The second-order valence-electron chi connectivity index (χ2n) is 9.55. The first kappa shape index (κ1) is 25.1. The Bertz CT molecular complexity index is 1310. The number of likely N-dealkylation sites (tertiary alicyclic amines) is 1. The van der Waals surface area contributed by atoms with Gasteiger partial charge in [-0.2, -0.15) is 0 Å². The van der Waals surface area contributed by atoms with Crippen LogP contribution in [-0.4, -0.2) is 53.3 Å². The molecule has 0 unspecified atom stereocenters. The molecule has 0 spiro atoms. The molecule has 11 heteroatoms. The molecule has 1 saturated heterocycles. The number of nitro groups is 1. The van der Waals surface area contributed by atoms with Gasteiger partial charge in [0.05, 0.1) is 23.9 Å². The maximum Gasteiger partial charge on any atom is 0.330 e. The number of ether oxygens (including phenoxy) is 2. The van der Waals surface area contributed by atoms with Gasteiger partial charge in [-0.3, -0.25) is 29.4 Å². The second-order valence-corrected chi connectivity index (χ2v) is 9.55. The molecule has 196 valence electrons. The van der Waals surface area contributed by atoms with E-state index >= 15 is 0 Å². The summed E-state index contributed by atoms with van der Waals surface area (Å²) in [5.74, 6) is -3.27. The van der Waals surface area contributed by atoms with Gasteiger partial charge < -0.3 is 14.8 Å². The lowest BCUT2D eigenvalue weighted by molar-refractivity contribution is -0.383. The molecule has 38 heavy (non-hydrogen) atoms. The van der Waals surface area contributed by atoms with Crippen LogP contribution in [0.1, 0.15) is 12.0 Å². The maximum atomic E-state index is 13.4. The Morgan fingerprint density at radius 3 is 2.34 bits per heavy atom. The van der Waals surface area contributed by atoms with Crippen LogP contribution < -0.4 is 10.1 Å². The molecule has 2 bridgehead atoms. The summed E-state index contributed by atoms with van der Waals surface area (Å²) in [4.78, 5) is 64.3. The van der Waals surface area contributed by atoms with Gasteiger partial charge in [0.15, 0.2) is 6.61 Å². The van der Waals surface area contributed by atoms with Crippen LogP contribution in [0.3, 0.4) is 0 Å². The third-order valence-electron chi connectivity index (χ3n) is 7.38. The molecule has 3 aliphatic rings. The molecular formula is C27H25N3O8. The molecule has 2 aromatic rings. The number of rotatable bonds is 9. The Hall–Kier alpha value is -4.54. The quantitative estimate of drug-likeness (QED) is 0.175. The summed E-state index contributed by atoms with van der Waals surface area (Å²) in [6.07, 6.45) is 4.72. The standard InChI is InChI=1S/C27H25N3O8/c1-37-18-9-10-20(30(35)36)19(13-18)28-22(31)14-38-27(34)21(11-15-5-3-2-4-6-15)29-25(32)23-16-7-8-17(12-16)24(23)26(29)33/h2-10,13,16-17,21,23-24H,11-12,14H2,1H3,(H,28,31)/t16-,17-,21-,23-,24-/m0/s1. The Morgan fingerprint density at radius 1 is 1.08 bits per heavy atom. The number of carbonyl (C=O) groups excluding carboxylic acids is 4. The predicted molar refractivity (Wildman–Crippen MR) is 133 cm³/mol. The van der Waals surface area contributed by atoms with Crippen molar-refractivity contribution in [3.63, 3.8) is 0 Å². The van der Waals surface area contributed by atoms with E-state index in [1.54, 1.807) is 30.3 Å². The highest BCUT2D eigenvalue weighted by atomic mass is 16.6. The molecular weight excluding hydrogens is 494 g/mol. The summed E-state index contributed by atoms with van der Waals surface area (Å²) in [5, 5.41) is 13.7. The third kappa shape index (κ3) is 4.51. The average Bonchev–Trinajstić information content (AvgIpc) is 3.60. The van der Waals surface area contributed by atoms with Crippen molar-refractivity contribution in [3.05, 3.63) is 76.4 Å². The van der Waals surface area contributed by atoms with E-state index in [0.717, 1.165) is 11.3 Å². The maximum absolute atomic E-state index is 13.4. The zero-order chi connectivity index (χ0) is 27.0. The first-order chi connectivity index (χ1) is 18.3. The Balaban J connectivity index is 1.32. The van der Waals surface area contributed by atoms with Crippen LogP contribution in [0.25, 0.3) is 0 Å². The van der Waals surface area contributed by atoms with Crippen LogP contribution in [0.15, 0.2) is 60.7 Å². The molecule has 1 heterocycles. The third-order valence-corrected chi connectivity index (χ3v) is 7.38. The number of amides is 3. The van der Waals surface area contributed by atoms with Gasteiger partial charge >= 0.3 is 5.97 Å². The number of nitrogens with one attached hydrogen (secondary N) is 1. The number of fused-ring (bicyclic) bond motifs is 5. The van der Waals surface area contributed by atoms with Crippen molar-refractivity contribution >= 4 is 35.1 Å². The minimum atomic E-state index is -1.25. The van der Waals surface area contributed by atoms with Crippen LogP contribution in [0.4, 0.5) is 11.4 Å². The van der Waals surface area contributed by atoms with Gasteiger partial charge in [0.25, 0.3) is 11.6 Å². The minimum Gasteiger partial charge on any atom is -0.497 e. The van der Waals surface area contributed by atoms with Crippen LogP contribution >= 0.6 is 0 Å². The van der Waals surface area contributed by atoms with Crippen molar-refractivity contribution in [1.29, 1.82) is 0 Å². The molecule has 5 atom stereocenters. The fourth-order valence-electron chi connectivity index (χ4n) is 5.67. The Morgan fingerprint density at radius 2 is 1.74 bits per heavy atom. The van der Waals surface area contributed by atoms with Gasteiger partial charge in [-0.15, -0.1) is 0 Å². The largest absolute Gasteiger partial charge is 0.497 e. The Kier molecular flexibility index (Phi) is 6.66. The first-order valence-corrected chi connectivity index (χ1v) is 12.2. The van der Waals surface area contributed by atoms with E-state index in [1.165, 1.54) is 25.3 Å². The molecule has 2 fully saturated rings. The topological polar surface area (TPSA) is 145 Å². The molecule has 5 rings (SSSR count). The molecule has 2 aromatic carbocycles. The minimum absolute atomic E-state index is 0.0238. The van der Waals surface area contributed by atoms with Gasteiger partial charge in [-0.05, 0) is 29.9 Å². The van der Waals surface area contributed by atoms with Crippen LogP contribution in [0.5, 0.6) is 5.75 Å². The van der Waals surface area contributed by atoms with Gasteiger partial charge in [0.1, 0.15) is 17.5 Å². The molecule has 1 aliphatic heterocycles. The monoisotopic (exact) mass is 519 g/mol. The van der Waals surface area contributed by atoms with Gasteiger partial charge in [-0.25, -0.2) is 4.79 Å². The number of benzene rings is 2. The molecule has 1 saturated carbocycles. The fraction of sp³-hybridized carbons (Fsp3) is 0.333. The Labute approximate surface area is 217 Å².